The molecule has 6 amide bonds. The van der Waals surface area contributed by atoms with Crippen LogP contribution >= 0.6 is 0 Å². The first-order valence-corrected chi connectivity index (χ1v) is 17.9. The zero-order valence-electron chi connectivity index (χ0n) is 29.3. The van der Waals surface area contributed by atoms with Gasteiger partial charge in [0.15, 0.2) is 5.65 Å². The van der Waals surface area contributed by atoms with E-state index >= 15 is 0 Å². The van der Waals surface area contributed by atoms with Gasteiger partial charge in [-0.2, -0.15) is 5.10 Å². The molecular formula is C38H38N8O7. The number of aromatic nitrogens is 3. The standard InChI is InChI=1S/C38H38N8O7/c1-21(2)53-31-18-26-23(17-29(31)41-34(48)28-19-40-45-12-3-11-39-33(28)45)20-44(36(26)50)24-9-14-43(15-10-24)13-8-22-4-5-25-27(16-22)38(52)46(37(25)51)30-6-7-32(47)42-35(30)49/h3-5,11-12,16-19,21,24,30H,6-10,13-15,20H2,1-2H3,(H,41,48)(H,42,47,49). The highest BCUT2D eigenvalue weighted by Gasteiger charge is 2.44. The maximum atomic E-state index is 13.8. The van der Waals surface area contributed by atoms with Crippen LogP contribution in [0, 0.1) is 0 Å². The molecule has 272 valence electrons. The van der Waals surface area contributed by atoms with E-state index < -0.39 is 29.7 Å². The van der Waals surface area contributed by atoms with Gasteiger partial charge in [0.25, 0.3) is 23.6 Å². The van der Waals surface area contributed by atoms with Gasteiger partial charge in [0.2, 0.25) is 11.8 Å². The molecule has 4 aliphatic rings. The van der Waals surface area contributed by atoms with Gasteiger partial charge in [-0.15, -0.1) is 0 Å². The van der Waals surface area contributed by atoms with Crippen molar-refractivity contribution in [3.8, 4) is 5.75 Å². The summed E-state index contributed by atoms with van der Waals surface area (Å²) in [5, 5.41) is 9.40. The summed E-state index contributed by atoms with van der Waals surface area (Å²) in [6.45, 7) is 6.51. The first kappa shape index (κ1) is 34.1. The van der Waals surface area contributed by atoms with Crippen LogP contribution in [0.25, 0.3) is 5.65 Å². The van der Waals surface area contributed by atoms with Crippen LogP contribution in [0.1, 0.15) is 92.1 Å². The Bertz CT molecular complexity index is 2210. The second kappa shape index (κ2) is 13.5. The number of anilines is 1. The van der Waals surface area contributed by atoms with E-state index in [-0.39, 0.29) is 47.9 Å². The summed E-state index contributed by atoms with van der Waals surface area (Å²) in [5.41, 5.74) is 4.07. The highest BCUT2D eigenvalue weighted by Crippen LogP contribution is 2.37. The molecule has 2 aromatic heterocycles. The van der Waals surface area contributed by atoms with E-state index in [1.807, 2.05) is 30.9 Å². The quantitative estimate of drug-likeness (QED) is 0.245. The van der Waals surface area contributed by atoms with E-state index in [1.54, 1.807) is 36.7 Å². The van der Waals surface area contributed by atoms with Crippen molar-refractivity contribution in [1.29, 1.82) is 0 Å². The van der Waals surface area contributed by atoms with E-state index in [2.05, 4.69) is 25.6 Å². The number of piperidine rings is 2. The molecule has 15 heteroatoms. The molecule has 6 heterocycles. The molecule has 1 atom stereocenters. The molecule has 0 saturated carbocycles. The Morgan fingerprint density at radius 3 is 2.55 bits per heavy atom. The van der Waals surface area contributed by atoms with Crippen LogP contribution in [0.5, 0.6) is 5.75 Å². The Morgan fingerprint density at radius 2 is 1.77 bits per heavy atom. The Labute approximate surface area is 304 Å². The highest BCUT2D eigenvalue weighted by atomic mass is 16.5. The fraction of sp³-hybridized carbons (Fsp3) is 0.368. The number of carbonyl (C=O) groups excluding carboxylic acids is 6. The number of carbonyl (C=O) groups is 6. The minimum atomic E-state index is -0.995. The van der Waals surface area contributed by atoms with Crippen LogP contribution in [-0.4, -0.2) is 103 Å². The van der Waals surface area contributed by atoms with Gasteiger partial charge in [-0.3, -0.25) is 39.0 Å². The van der Waals surface area contributed by atoms with Crippen molar-refractivity contribution in [1.82, 2.24) is 34.6 Å². The third-order valence-electron chi connectivity index (χ3n) is 10.4. The molecule has 15 nitrogen and oxygen atoms in total. The predicted octanol–water partition coefficient (Wildman–Crippen LogP) is 2.83. The largest absolute Gasteiger partial charge is 0.489 e. The predicted molar refractivity (Wildman–Crippen MR) is 189 cm³/mol. The fourth-order valence-corrected chi connectivity index (χ4v) is 7.70. The molecule has 2 saturated heterocycles. The van der Waals surface area contributed by atoms with Crippen molar-refractivity contribution < 1.29 is 33.5 Å². The summed E-state index contributed by atoms with van der Waals surface area (Å²) in [6, 6.07) is 9.56. The number of rotatable bonds is 9. The van der Waals surface area contributed by atoms with Crippen molar-refractivity contribution in [2.24, 2.45) is 0 Å². The van der Waals surface area contributed by atoms with Crippen molar-refractivity contribution in [3.05, 3.63) is 88.4 Å². The third kappa shape index (κ3) is 6.30. The minimum absolute atomic E-state index is 0.0467. The monoisotopic (exact) mass is 718 g/mol. The second-order valence-corrected chi connectivity index (χ2v) is 14.2. The number of hydrogen-bond acceptors (Lipinski definition) is 10. The van der Waals surface area contributed by atoms with Crippen LogP contribution in [0.2, 0.25) is 0 Å². The Morgan fingerprint density at radius 1 is 0.981 bits per heavy atom. The molecule has 4 aliphatic heterocycles. The van der Waals surface area contributed by atoms with Crippen molar-refractivity contribution >= 4 is 46.8 Å². The number of benzene rings is 2. The van der Waals surface area contributed by atoms with Crippen molar-refractivity contribution in [2.45, 2.75) is 70.7 Å². The molecule has 2 aromatic carbocycles. The number of likely N-dealkylation sites (tertiary alicyclic amines) is 1. The fourth-order valence-electron chi connectivity index (χ4n) is 7.70. The van der Waals surface area contributed by atoms with E-state index in [1.165, 1.54) is 10.7 Å². The summed E-state index contributed by atoms with van der Waals surface area (Å²) in [5.74, 6) is -2.08. The number of imide groups is 2. The van der Waals surface area contributed by atoms with Gasteiger partial charge in [0, 0.05) is 56.6 Å². The molecule has 4 aromatic rings. The number of nitrogens with one attached hydrogen (secondary N) is 2. The van der Waals surface area contributed by atoms with Crippen LogP contribution < -0.4 is 15.4 Å². The molecule has 2 N–H and O–H groups in total. The number of hydrogen-bond donors (Lipinski definition) is 2. The SMILES string of the molecule is CC(C)Oc1cc2c(cc1NC(=O)c1cnn3cccnc13)CN(C1CCN(CCc3ccc4c(c3)C(=O)N(C3CCC(=O)NC3=O)C4=O)CC1)C2=O. The summed E-state index contributed by atoms with van der Waals surface area (Å²) in [6.07, 6.45) is 7.03. The highest BCUT2D eigenvalue weighted by molar-refractivity contribution is 6.23. The summed E-state index contributed by atoms with van der Waals surface area (Å²) in [7, 11) is 0. The second-order valence-electron chi connectivity index (χ2n) is 14.2. The van der Waals surface area contributed by atoms with Gasteiger partial charge in [-0.25, -0.2) is 9.50 Å². The van der Waals surface area contributed by atoms with E-state index in [4.69, 9.17) is 4.74 Å². The van der Waals surface area contributed by atoms with Gasteiger partial charge >= 0.3 is 0 Å². The maximum Gasteiger partial charge on any atom is 0.262 e. The third-order valence-corrected chi connectivity index (χ3v) is 10.4. The number of amides is 6. The molecular weight excluding hydrogens is 680 g/mol. The maximum absolute atomic E-state index is 13.8. The zero-order valence-corrected chi connectivity index (χ0v) is 29.3. The molecule has 0 bridgehead atoms. The lowest BCUT2D eigenvalue weighted by molar-refractivity contribution is -0.136. The van der Waals surface area contributed by atoms with Gasteiger partial charge in [0.1, 0.15) is 17.4 Å². The van der Waals surface area contributed by atoms with Crippen molar-refractivity contribution in [3.63, 3.8) is 0 Å². The molecule has 53 heavy (non-hydrogen) atoms. The Kier molecular flexibility index (Phi) is 8.73. The average Bonchev–Trinajstić information content (AvgIpc) is 3.79. The molecule has 2 fully saturated rings. The Hall–Kier alpha value is -5.96. The molecule has 1 unspecified atom stereocenters. The van der Waals surface area contributed by atoms with Crippen LogP contribution in [0.3, 0.4) is 0 Å². The lowest BCUT2D eigenvalue weighted by Crippen LogP contribution is -2.54. The topological polar surface area (TPSA) is 176 Å². The van der Waals surface area contributed by atoms with Crippen LogP contribution in [0.15, 0.2) is 55.0 Å². The number of nitrogens with zero attached hydrogens (tertiary/aromatic N) is 6. The molecule has 0 aliphatic carbocycles. The summed E-state index contributed by atoms with van der Waals surface area (Å²) >= 11 is 0. The lowest BCUT2D eigenvalue weighted by Gasteiger charge is -2.36. The zero-order chi connectivity index (χ0) is 37.0. The van der Waals surface area contributed by atoms with Crippen LogP contribution in [-0.2, 0) is 22.6 Å². The molecule has 0 spiro atoms. The van der Waals surface area contributed by atoms with Crippen LogP contribution in [0.4, 0.5) is 5.69 Å². The molecule has 0 radical (unpaired) electrons. The minimum Gasteiger partial charge on any atom is -0.489 e. The van der Waals surface area contributed by atoms with E-state index in [0.29, 0.717) is 41.2 Å². The average molecular weight is 719 g/mol. The summed E-state index contributed by atoms with van der Waals surface area (Å²) in [4.78, 5) is 86.9. The van der Waals surface area contributed by atoms with E-state index in [0.717, 1.165) is 48.5 Å². The molecule has 8 rings (SSSR count). The van der Waals surface area contributed by atoms with E-state index in [9.17, 15) is 28.8 Å². The van der Waals surface area contributed by atoms with Gasteiger partial charge in [-0.1, -0.05) is 6.07 Å². The lowest BCUT2D eigenvalue weighted by atomic mass is 10.0. The van der Waals surface area contributed by atoms with Gasteiger partial charge in [-0.05, 0) is 81.0 Å². The first-order chi connectivity index (χ1) is 25.5. The smallest absolute Gasteiger partial charge is 0.262 e. The number of ether oxygens (including phenoxy) is 1. The number of fused-ring (bicyclic) bond motifs is 3. The first-order valence-electron chi connectivity index (χ1n) is 17.9. The van der Waals surface area contributed by atoms with Crippen molar-refractivity contribution in [2.75, 3.05) is 25.0 Å². The van der Waals surface area contributed by atoms with Gasteiger partial charge in [0.05, 0.1) is 29.1 Å². The normalized spacial score (nSPS) is 19.3. The summed E-state index contributed by atoms with van der Waals surface area (Å²) < 4.78 is 7.60. The Balaban J connectivity index is 0.892. The van der Waals surface area contributed by atoms with Gasteiger partial charge < -0.3 is 19.9 Å².